The van der Waals surface area contributed by atoms with Crippen LogP contribution >= 0.6 is 15.9 Å². The topological polar surface area (TPSA) is 29.5 Å². The lowest BCUT2D eigenvalue weighted by molar-refractivity contribution is 0.0880. The normalized spacial score (nSPS) is 12.7. The van der Waals surface area contributed by atoms with Crippen molar-refractivity contribution in [2.75, 3.05) is 18.9 Å². The van der Waals surface area contributed by atoms with Crippen LogP contribution < -0.4 is 0 Å². The Balaban J connectivity index is 1.94. The average Bonchev–Trinajstić information content (AvgIpc) is 2.82. The van der Waals surface area contributed by atoms with Crippen LogP contribution in [0.5, 0.6) is 0 Å². The molecule has 1 aliphatic carbocycles. The minimum atomic E-state index is -0.317. The van der Waals surface area contributed by atoms with Gasteiger partial charge in [-0.05, 0) is 11.1 Å². The predicted molar refractivity (Wildman–Crippen MR) is 86.6 cm³/mol. The van der Waals surface area contributed by atoms with Crippen molar-refractivity contribution < 1.29 is 9.53 Å². The van der Waals surface area contributed by atoms with Gasteiger partial charge in [0.05, 0.1) is 0 Å². The van der Waals surface area contributed by atoms with Crippen molar-refractivity contribution in [3.05, 3.63) is 59.7 Å². The molecule has 0 N–H and O–H groups in total. The third-order valence-electron chi connectivity index (χ3n) is 3.73. The molecule has 108 valence electrons. The zero-order valence-corrected chi connectivity index (χ0v) is 13.3. The smallest absolute Gasteiger partial charge is 0.410 e. The summed E-state index contributed by atoms with van der Waals surface area (Å²) in [5, 5.41) is 0.733. The Morgan fingerprint density at radius 2 is 1.62 bits per heavy atom. The first-order valence-corrected chi connectivity index (χ1v) is 8.00. The molecule has 2 aromatic rings. The van der Waals surface area contributed by atoms with Crippen molar-refractivity contribution in [1.82, 2.24) is 4.90 Å². The highest BCUT2D eigenvalue weighted by Gasteiger charge is 2.31. The fraction of sp³-hybridized carbons (Fsp3) is 0.235. The second-order valence-electron chi connectivity index (χ2n) is 5.05. The van der Waals surface area contributed by atoms with Crippen LogP contribution in [0.1, 0.15) is 17.2 Å². The quantitative estimate of drug-likeness (QED) is 0.779. The first kappa shape index (κ1) is 14.1. The first-order valence-electron chi connectivity index (χ1n) is 6.88. The fourth-order valence-corrected chi connectivity index (χ4v) is 3.18. The van der Waals surface area contributed by atoms with E-state index in [0.717, 1.165) is 27.6 Å². The van der Waals surface area contributed by atoms with Gasteiger partial charge in [-0.2, -0.15) is 0 Å². The van der Waals surface area contributed by atoms with Crippen LogP contribution in [-0.2, 0) is 4.74 Å². The van der Waals surface area contributed by atoms with Gasteiger partial charge in [-0.15, -0.1) is 0 Å². The molecule has 0 radical (unpaired) electrons. The number of carbonyl (C=O) groups excluding carboxylic acids is 1. The number of nitrogens with zero attached hydrogens (tertiary/aromatic N) is 1. The number of alkyl halides is 1. The van der Waals surface area contributed by atoms with Crippen LogP contribution in [0.2, 0.25) is 0 Å². The maximum absolute atomic E-state index is 12.2. The molecule has 0 aromatic heterocycles. The molecule has 3 nitrogen and oxygen atoms in total. The monoisotopic (exact) mass is 345 g/mol. The fourth-order valence-electron chi connectivity index (χ4n) is 2.65. The highest BCUT2D eigenvalue weighted by atomic mass is 79.9. The van der Waals surface area contributed by atoms with Crippen LogP contribution in [0.25, 0.3) is 11.1 Å². The molecule has 0 saturated heterocycles. The van der Waals surface area contributed by atoms with Gasteiger partial charge in [0, 0.05) is 30.0 Å². The van der Waals surface area contributed by atoms with Crippen LogP contribution in [0.15, 0.2) is 48.5 Å². The Morgan fingerprint density at radius 1 is 1.10 bits per heavy atom. The molecule has 0 saturated carbocycles. The van der Waals surface area contributed by atoms with E-state index in [1.54, 1.807) is 11.9 Å². The molecule has 0 fully saturated rings. The molecular formula is C17H16BrNO2. The van der Waals surface area contributed by atoms with E-state index in [2.05, 4.69) is 28.1 Å². The summed E-state index contributed by atoms with van der Waals surface area (Å²) in [6.07, 6.45) is -0.617. The molecule has 0 unspecified atom stereocenters. The minimum Gasteiger partial charge on any atom is -0.436 e. The highest BCUT2D eigenvalue weighted by Crippen LogP contribution is 2.45. The summed E-state index contributed by atoms with van der Waals surface area (Å²) >= 11 is 3.33. The Labute approximate surface area is 132 Å². The summed E-state index contributed by atoms with van der Waals surface area (Å²) in [6, 6.07) is 16.2. The van der Waals surface area contributed by atoms with E-state index in [0.29, 0.717) is 6.54 Å². The molecule has 1 aliphatic rings. The van der Waals surface area contributed by atoms with Crippen molar-refractivity contribution in [2.24, 2.45) is 0 Å². The summed E-state index contributed by atoms with van der Waals surface area (Å²) in [6.45, 7) is 0.620. The molecular weight excluding hydrogens is 330 g/mol. The van der Waals surface area contributed by atoms with Crippen LogP contribution in [0, 0.1) is 0 Å². The molecule has 4 heteroatoms. The Morgan fingerprint density at radius 3 is 2.14 bits per heavy atom. The summed E-state index contributed by atoms with van der Waals surface area (Å²) in [5.41, 5.74) is 4.40. The number of carbonyl (C=O) groups is 1. The van der Waals surface area contributed by atoms with Crippen molar-refractivity contribution in [3.63, 3.8) is 0 Å². The number of benzene rings is 2. The van der Waals surface area contributed by atoms with E-state index in [1.807, 2.05) is 36.4 Å². The molecule has 0 aliphatic heterocycles. The average molecular weight is 346 g/mol. The van der Waals surface area contributed by atoms with Gasteiger partial charge in [-0.3, -0.25) is 0 Å². The Hall–Kier alpha value is -1.81. The zero-order valence-electron chi connectivity index (χ0n) is 11.8. The number of hydrogen-bond acceptors (Lipinski definition) is 2. The molecule has 21 heavy (non-hydrogen) atoms. The van der Waals surface area contributed by atoms with Gasteiger partial charge in [-0.1, -0.05) is 64.5 Å². The van der Waals surface area contributed by atoms with Crippen LogP contribution in [-0.4, -0.2) is 29.9 Å². The maximum atomic E-state index is 12.2. The second-order valence-corrected chi connectivity index (χ2v) is 5.84. The van der Waals surface area contributed by atoms with Gasteiger partial charge in [0.2, 0.25) is 0 Å². The van der Waals surface area contributed by atoms with Gasteiger partial charge in [0.1, 0.15) is 0 Å². The van der Waals surface area contributed by atoms with Crippen molar-refractivity contribution in [1.29, 1.82) is 0 Å². The lowest BCUT2D eigenvalue weighted by Crippen LogP contribution is -2.30. The number of ether oxygens (including phenoxy) is 1. The number of amides is 1. The van der Waals surface area contributed by atoms with E-state index in [9.17, 15) is 4.79 Å². The summed E-state index contributed by atoms with van der Waals surface area (Å²) < 4.78 is 5.74. The van der Waals surface area contributed by atoms with Gasteiger partial charge in [0.15, 0.2) is 6.10 Å². The molecule has 0 heterocycles. The minimum absolute atomic E-state index is 0.300. The van der Waals surface area contributed by atoms with E-state index >= 15 is 0 Å². The van der Waals surface area contributed by atoms with E-state index in [4.69, 9.17) is 4.74 Å². The molecule has 2 aromatic carbocycles. The Bertz CT molecular complexity index is 626. The van der Waals surface area contributed by atoms with Gasteiger partial charge in [-0.25, -0.2) is 4.79 Å². The number of hydrogen-bond donors (Lipinski definition) is 0. The lowest BCUT2D eigenvalue weighted by atomic mass is 10.1. The maximum Gasteiger partial charge on any atom is 0.410 e. The number of fused-ring (bicyclic) bond motifs is 3. The molecule has 3 rings (SSSR count). The van der Waals surface area contributed by atoms with Gasteiger partial charge in [0.25, 0.3) is 0 Å². The zero-order chi connectivity index (χ0) is 14.8. The summed E-state index contributed by atoms with van der Waals surface area (Å²) in [4.78, 5) is 13.8. The molecule has 0 bridgehead atoms. The van der Waals surface area contributed by atoms with Crippen LogP contribution in [0.4, 0.5) is 4.79 Å². The van der Waals surface area contributed by atoms with Crippen molar-refractivity contribution in [3.8, 4) is 11.1 Å². The first-order chi connectivity index (χ1) is 10.2. The SMILES string of the molecule is CN(CCBr)C(=O)OC1c2ccccc2-c2ccccc21. The molecule has 0 atom stereocenters. The second kappa shape index (κ2) is 5.90. The number of rotatable bonds is 3. The number of halogens is 1. The summed E-state index contributed by atoms with van der Waals surface area (Å²) in [5.74, 6) is 0. The van der Waals surface area contributed by atoms with Crippen molar-refractivity contribution >= 4 is 22.0 Å². The molecule has 1 amide bonds. The Kier molecular flexibility index (Phi) is 3.97. The van der Waals surface area contributed by atoms with Gasteiger partial charge >= 0.3 is 6.09 Å². The standard InChI is InChI=1S/C17H16BrNO2/c1-19(11-10-18)17(20)21-16-14-8-4-2-6-12(14)13-7-3-5-9-15(13)16/h2-9,16H,10-11H2,1H3. The van der Waals surface area contributed by atoms with Crippen LogP contribution in [0.3, 0.4) is 0 Å². The largest absolute Gasteiger partial charge is 0.436 e. The van der Waals surface area contributed by atoms with E-state index in [-0.39, 0.29) is 12.2 Å². The highest BCUT2D eigenvalue weighted by molar-refractivity contribution is 9.09. The van der Waals surface area contributed by atoms with Crippen molar-refractivity contribution in [2.45, 2.75) is 6.10 Å². The summed E-state index contributed by atoms with van der Waals surface area (Å²) in [7, 11) is 1.75. The third kappa shape index (κ3) is 2.56. The molecule has 0 spiro atoms. The van der Waals surface area contributed by atoms with E-state index in [1.165, 1.54) is 0 Å². The van der Waals surface area contributed by atoms with Gasteiger partial charge < -0.3 is 9.64 Å². The lowest BCUT2D eigenvalue weighted by Gasteiger charge is -2.20. The van der Waals surface area contributed by atoms with E-state index < -0.39 is 0 Å². The predicted octanol–water partition coefficient (Wildman–Crippen LogP) is 4.22. The third-order valence-corrected chi connectivity index (χ3v) is 4.08.